The van der Waals surface area contributed by atoms with Crippen LogP contribution < -0.4 is 41.2 Å². The van der Waals surface area contributed by atoms with Gasteiger partial charge in [-0.1, -0.05) is 224 Å². The van der Waals surface area contributed by atoms with E-state index in [1.165, 1.54) is 87.2 Å². The van der Waals surface area contributed by atoms with E-state index in [9.17, 15) is 0 Å². The molecule has 338 valence electrons. The monoisotopic (exact) mass is 934 g/mol. The molecule has 0 bridgehead atoms. The summed E-state index contributed by atoms with van der Waals surface area (Å²) in [6.45, 7) is -0.134. The van der Waals surface area contributed by atoms with E-state index in [0.717, 1.165) is 34.6 Å². The lowest BCUT2D eigenvalue weighted by molar-refractivity contribution is 0.487. The third-order valence-corrected chi connectivity index (χ3v) is 20.1. The molecule has 3 heterocycles. The second kappa shape index (κ2) is 17.2. The number of nitrogens with zero attached hydrogens (tertiary/aromatic N) is 2. The van der Waals surface area contributed by atoms with Crippen LogP contribution in [0.25, 0.3) is 49.7 Å². The van der Waals surface area contributed by atoms with Crippen LogP contribution in [0.5, 0.6) is 11.5 Å². The van der Waals surface area contributed by atoms with Gasteiger partial charge in [0.1, 0.15) is 11.5 Å². The molecule has 0 fully saturated rings. The average molecular weight is 935 g/mol. The molecule has 0 saturated carbocycles. The molecule has 3 nitrogen and oxygen atoms in total. The highest BCUT2D eigenvalue weighted by Crippen LogP contribution is 2.45. The van der Waals surface area contributed by atoms with Gasteiger partial charge in [0.25, 0.3) is 0 Å². The molecule has 12 aromatic rings. The fraction of sp³-hybridized carbons (Fsp3) is 0.0149. The van der Waals surface area contributed by atoms with Crippen molar-refractivity contribution in [3.05, 3.63) is 284 Å². The lowest BCUT2D eigenvalue weighted by Crippen LogP contribution is -2.75. The number of hydrogen-bond acceptors (Lipinski definition) is 2. The van der Waals surface area contributed by atoms with E-state index in [4.69, 9.17) is 4.74 Å². The minimum atomic E-state index is -2.88. The topological polar surface area (TPSA) is 17.4 Å². The molecule has 0 saturated heterocycles. The second-order valence-electron chi connectivity index (χ2n) is 19.1. The van der Waals surface area contributed by atoms with Gasteiger partial charge < -0.3 is 14.1 Å². The van der Waals surface area contributed by atoms with E-state index >= 15 is 0 Å². The fourth-order valence-corrected chi connectivity index (χ4v) is 17.2. The molecule has 0 aliphatic carbocycles. The Morgan fingerprint density at radius 1 is 0.403 bits per heavy atom. The summed E-state index contributed by atoms with van der Waals surface area (Å²) < 4.78 is 9.89. The summed E-state index contributed by atoms with van der Waals surface area (Å²) in [7, 11) is -2.88. The number of rotatable bonds is 9. The van der Waals surface area contributed by atoms with Gasteiger partial charge in [-0.15, -0.1) is 0 Å². The maximum absolute atomic E-state index is 7.44. The van der Waals surface area contributed by atoms with Gasteiger partial charge in [0.05, 0.1) is 11.0 Å². The number of para-hydroxylation sites is 5. The van der Waals surface area contributed by atoms with Gasteiger partial charge in [-0.3, -0.25) is 0 Å². The van der Waals surface area contributed by atoms with Gasteiger partial charge in [0, 0.05) is 38.9 Å². The first-order valence-corrected chi connectivity index (χ1v) is 27.0. The highest BCUT2D eigenvalue weighted by molar-refractivity contribution is 7.20. The summed E-state index contributed by atoms with van der Waals surface area (Å²) in [6.07, 6.45) is 0.724. The van der Waals surface area contributed by atoms with Crippen molar-refractivity contribution in [1.29, 1.82) is 0 Å². The van der Waals surface area contributed by atoms with Crippen molar-refractivity contribution < 1.29 is 4.74 Å². The van der Waals surface area contributed by atoms with Crippen LogP contribution in [0.2, 0.25) is 0 Å². The van der Waals surface area contributed by atoms with E-state index in [-0.39, 0.29) is 6.85 Å². The number of benzene rings is 11. The molecule has 1 aromatic heterocycles. The normalized spacial score (nSPS) is 12.6. The minimum Gasteiger partial charge on any atom is -0.458 e. The average Bonchev–Trinajstić information content (AvgIpc) is 3.79. The first-order valence-electron chi connectivity index (χ1n) is 25.0. The molecule has 11 aromatic carbocycles. The Bertz CT molecular complexity index is 3860. The summed E-state index contributed by atoms with van der Waals surface area (Å²) >= 11 is 0. The van der Waals surface area contributed by atoms with Crippen LogP contribution in [-0.2, 0) is 6.42 Å². The SMILES string of the molecule is c1ccc(N2B3c4ccc(-c5ccccc5[Si](c5ccccc5)(c5ccccc5)c5ccccc5)cc4Oc4cc(Cc5ccccc5-n5c6ccccc6c6ccccc65)cc(c43)-c3ccccc32)cc1. The van der Waals surface area contributed by atoms with Crippen LogP contribution in [0.1, 0.15) is 11.1 Å². The van der Waals surface area contributed by atoms with E-state index in [2.05, 4.69) is 282 Å². The molecule has 5 heteroatoms. The molecule has 2 aliphatic rings. The van der Waals surface area contributed by atoms with Crippen LogP contribution in [0, 0.1) is 0 Å². The molecule has 14 rings (SSSR count). The lowest BCUT2D eigenvalue weighted by Gasteiger charge is -2.42. The highest BCUT2D eigenvalue weighted by Gasteiger charge is 2.45. The summed E-state index contributed by atoms with van der Waals surface area (Å²) in [4.78, 5) is 2.53. The maximum atomic E-state index is 7.44. The molecular weight excluding hydrogens is 888 g/mol. The quantitative estimate of drug-likeness (QED) is 0.106. The number of anilines is 2. The smallest absolute Gasteiger partial charge is 0.336 e. The van der Waals surface area contributed by atoms with E-state index in [1.54, 1.807) is 0 Å². The van der Waals surface area contributed by atoms with Crippen molar-refractivity contribution in [2.45, 2.75) is 6.42 Å². The predicted octanol–water partition coefficient (Wildman–Crippen LogP) is 12.4. The summed E-state index contributed by atoms with van der Waals surface area (Å²) in [5.74, 6) is 1.78. The van der Waals surface area contributed by atoms with Crippen LogP contribution >= 0.6 is 0 Å². The molecule has 0 spiro atoms. The highest BCUT2D eigenvalue weighted by atomic mass is 28.3. The molecule has 0 N–H and O–H groups in total. The zero-order valence-corrected chi connectivity index (χ0v) is 40.6. The van der Waals surface area contributed by atoms with E-state index in [1.807, 2.05) is 0 Å². The number of ether oxygens (including phenoxy) is 1. The van der Waals surface area contributed by atoms with Crippen molar-refractivity contribution in [2.24, 2.45) is 0 Å². The van der Waals surface area contributed by atoms with Gasteiger partial charge in [0.2, 0.25) is 0 Å². The van der Waals surface area contributed by atoms with Crippen LogP contribution in [-0.4, -0.2) is 19.5 Å². The maximum Gasteiger partial charge on any atom is 0.336 e. The fourth-order valence-electron chi connectivity index (χ4n) is 12.2. The largest absolute Gasteiger partial charge is 0.458 e. The molecule has 2 aliphatic heterocycles. The minimum absolute atomic E-state index is 0.134. The molecular formula is C67H47BN2OSi. The first-order chi connectivity index (χ1) is 35.7. The van der Waals surface area contributed by atoms with Gasteiger partial charge in [-0.25, -0.2) is 0 Å². The van der Waals surface area contributed by atoms with Crippen molar-refractivity contribution in [3.8, 4) is 39.4 Å². The third-order valence-electron chi connectivity index (χ3n) is 15.2. The van der Waals surface area contributed by atoms with Gasteiger partial charge in [-0.2, -0.15) is 0 Å². The Labute approximate surface area is 421 Å². The van der Waals surface area contributed by atoms with Crippen LogP contribution in [0.15, 0.2) is 273 Å². The zero-order chi connectivity index (χ0) is 47.6. The Balaban J connectivity index is 0.962. The summed E-state index contributed by atoms with van der Waals surface area (Å²) in [5, 5.41) is 7.89. The van der Waals surface area contributed by atoms with E-state index in [0.29, 0.717) is 0 Å². The van der Waals surface area contributed by atoms with Crippen molar-refractivity contribution in [2.75, 3.05) is 4.81 Å². The van der Waals surface area contributed by atoms with E-state index < -0.39 is 8.07 Å². The number of fused-ring (bicyclic) bond motifs is 7. The second-order valence-corrected chi connectivity index (χ2v) is 22.9. The van der Waals surface area contributed by atoms with Crippen LogP contribution in [0.4, 0.5) is 11.4 Å². The third kappa shape index (κ3) is 6.58. The predicted molar refractivity (Wildman–Crippen MR) is 305 cm³/mol. The van der Waals surface area contributed by atoms with Crippen LogP contribution in [0.3, 0.4) is 0 Å². The van der Waals surface area contributed by atoms with Gasteiger partial charge >= 0.3 is 6.85 Å². The Kier molecular flexibility index (Phi) is 10.0. The van der Waals surface area contributed by atoms with Crippen molar-refractivity contribution >= 4 is 79.8 Å². The zero-order valence-electron chi connectivity index (χ0n) is 39.6. The molecule has 0 unspecified atom stereocenters. The first kappa shape index (κ1) is 42.0. The molecule has 72 heavy (non-hydrogen) atoms. The number of hydrogen-bond donors (Lipinski definition) is 0. The Morgan fingerprint density at radius 2 is 0.931 bits per heavy atom. The Morgan fingerprint density at radius 3 is 1.58 bits per heavy atom. The Hall–Kier alpha value is -8.90. The van der Waals surface area contributed by atoms with Crippen molar-refractivity contribution in [3.63, 3.8) is 0 Å². The molecule has 0 amide bonds. The van der Waals surface area contributed by atoms with Gasteiger partial charge in [0.15, 0.2) is 8.07 Å². The molecule has 0 radical (unpaired) electrons. The standard InChI is InChI=1S/C67H47BN2OSi/c1-5-24-50(25-6-1)70-63-39-21-16-35-57(63)58-44-47(43-49-23-13-18-36-60(49)69-61-37-19-14-33-55(61)56-34-15-20-38-62(56)69)45-65-67(58)68(70)59-42-41-48(46-64(59)71-65)54-32-17-22-40-66(54)72(51-26-7-2-8-27-51,52-28-9-3-10-29-52)53-30-11-4-12-31-53/h1-42,44-46H,43H2. The lowest BCUT2D eigenvalue weighted by atomic mass is 9.44. The van der Waals surface area contributed by atoms with Crippen molar-refractivity contribution in [1.82, 2.24) is 4.57 Å². The summed E-state index contributed by atoms with van der Waals surface area (Å²) in [5.41, 5.74) is 15.5. The number of aromatic nitrogens is 1. The summed E-state index contributed by atoms with van der Waals surface area (Å²) in [6, 6.07) is 101. The van der Waals surface area contributed by atoms with Gasteiger partial charge in [-0.05, 0) is 109 Å². The molecule has 0 atom stereocenters.